The van der Waals surface area contributed by atoms with E-state index in [1.807, 2.05) is 0 Å². The van der Waals surface area contributed by atoms with Crippen molar-refractivity contribution in [1.29, 1.82) is 0 Å². The summed E-state index contributed by atoms with van der Waals surface area (Å²) in [6, 6.07) is 30.9. The van der Waals surface area contributed by atoms with E-state index in [-0.39, 0.29) is 0 Å². The van der Waals surface area contributed by atoms with Gasteiger partial charge in [0.25, 0.3) is 0 Å². The third-order valence-corrected chi connectivity index (χ3v) is 15.6. The van der Waals surface area contributed by atoms with Gasteiger partial charge in [0, 0.05) is 0 Å². The zero-order valence-electron chi connectivity index (χ0n) is 18.9. The second-order valence-corrected chi connectivity index (χ2v) is 15.7. The molecular formula is C30H26I2Se2. The van der Waals surface area contributed by atoms with Crippen molar-refractivity contribution < 1.29 is 0 Å². The van der Waals surface area contributed by atoms with Crippen LogP contribution in [0.5, 0.6) is 0 Å². The average Bonchev–Trinajstić information content (AvgIpc) is 3.63. The Bertz CT molecular complexity index is 1260. The maximum absolute atomic E-state index is 2.54. The van der Waals surface area contributed by atoms with Crippen molar-refractivity contribution in [2.75, 3.05) is 0 Å². The molecule has 34 heavy (non-hydrogen) atoms. The number of fused-ring (bicyclic) bond motifs is 2. The van der Waals surface area contributed by atoms with Crippen LogP contribution in [-0.2, 0) is 0 Å². The monoisotopic (exact) mass is 800 g/mol. The minimum atomic E-state index is 0.752. The molecule has 4 aromatic rings. The van der Waals surface area contributed by atoms with Gasteiger partial charge in [0.15, 0.2) is 0 Å². The van der Waals surface area contributed by atoms with Crippen molar-refractivity contribution >= 4 is 104 Å². The van der Waals surface area contributed by atoms with Gasteiger partial charge in [-0.15, -0.1) is 0 Å². The van der Waals surface area contributed by atoms with E-state index in [1.165, 1.54) is 76.2 Å². The Morgan fingerprint density at radius 1 is 0.529 bits per heavy atom. The van der Waals surface area contributed by atoms with Crippen LogP contribution in [0.25, 0.3) is 28.7 Å². The van der Waals surface area contributed by atoms with E-state index >= 15 is 0 Å². The third-order valence-electron chi connectivity index (χ3n) is 6.14. The molecule has 0 saturated carbocycles. The Morgan fingerprint density at radius 2 is 0.941 bits per heavy atom. The second kappa shape index (κ2) is 12.1. The first-order chi connectivity index (χ1) is 16.7. The summed E-state index contributed by atoms with van der Waals surface area (Å²) in [5.74, 6) is 0. The topological polar surface area (TPSA) is 0 Å². The van der Waals surface area contributed by atoms with Crippen LogP contribution in [0.1, 0.15) is 36.8 Å². The van der Waals surface area contributed by atoms with Crippen molar-refractivity contribution in [2.45, 2.75) is 36.3 Å². The average molecular weight is 798 g/mol. The molecule has 0 N–H and O–H groups in total. The van der Waals surface area contributed by atoms with Crippen molar-refractivity contribution in [1.82, 2.24) is 0 Å². The van der Waals surface area contributed by atoms with Crippen LogP contribution < -0.4 is 0 Å². The molecule has 2 aliphatic heterocycles. The molecule has 0 aromatic heterocycles. The molecule has 0 unspecified atom stereocenters. The van der Waals surface area contributed by atoms with Gasteiger partial charge in [-0.3, -0.25) is 0 Å². The summed E-state index contributed by atoms with van der Waals surface area (Å²) in [4.78, 5) is 0. The van der Waals surface area contributed by atoms with Crippen molar-refractivity contribution in [3.63, 3.8) is 0 Å². The van der Waals surface area contributed by atoms with Crippen LogP contribution in [0.2, 0.25) is 10.6 Å². The number of hydrogen-bond donors (Lipinski definition) is 0. The summed E-state index contributed by atoms with van der Waals surface area (Å²) in [6.07, 6.45) is 5.45. The Balaban J connectivity index is 0.000000142. The van der Waals surface area contributed by atoms with Crippen LogP contribution >= 0.6 is 45.2 Å². The molecule has 2 fully saturated rings. The minimum absolute atomic E-state index is 0.752. The molecule has 0 bridgehead atoms. The molecule has 2 aliphatic rings. The molecule has 0 nitrogen and oxygen atoms in total. The van der Waals surface area contributed by atoms with Gasteiger partial charge in [0.2, 0.25) is 0 Å². The SMILES string of the molecule is I/C(=C1\CCC[Se]1)c1ccc2ccccc2c1.I/C(=C1\CCC[Se]1)c1ccc2ccccc2c1. The Kier molecular flexibility index (Phi) is 8.90. The fourth-order valence-corrected chi connectivity index (χ4v) is 11.6. The first-order valence-corrected chi connectivity index (χ1v) is 18.0. The molecule has 0 aliphatic carbocycles. The van der Waals surface area contributed by atoms with Gasteiger partial charge in [-0.25, -0.2) is 0 Å². The van der Waals surface area contributed by atoms with E-state index < -0.39 is 0 Å². The number of allylic oxidation sites excluding steroid dienone is 2. The number of halogens is 2. The summed E-state index contributed by atoms with van der Waals surface area (Å²) in [5.41, 5.74) is 2.81. The van der Waals surface area contributed by atoms with Crippen molar-refractivity contribution in [3.05, 3.63) is 105 Å². The van der Waals surface area contributed by atoms with Crippen LogP contribution in [0.3, 0.4) is 0 Å². The van der Waals surface area contributed by atoms with Crippen LogP contribution in [-0.4, -0.2) is 29.9 Å². The molecule has 0 spiro atoms. The quantitative estimate of drug-likeness (QED) is 0.140. The molecule has 4 aromatic carbocycles. The Morgan fingerprint density at radius 3 is 1.32 bits per heavy atom. The predicted molar refractivity (Wildman–Crippen MR) is 169 cm³/mol. The first-order valence-electron chi connectivity index (χ1n) is 11.7. The molecule has 6 rings (SSSR count). The van der Waals surface area contributed by atoms with Gasteiger partial charge in [-0.05, 0) is 0 Å². The van der Waals surface area contributed by atoms with Gasteiger partial charge in [0.1, 0.15) is 0 Å². The fraction of sp³-hybridized carbons (Fsp3) is 0.200. The van der Waals surface area contributed by atoms with E-state index in [9.17, 15) is 0 Å². The van der Waals surface area contributed by atoms with Crippen LogP contribution in [0, 0.1) is 0 Å². The zero-order valence-corrected chi connectivity index (χ0v) is 26.6. The van der Waals surface area contributed by atoms with E-state index in [0.717, 1.165) is 29.9 Å². The Labute approximate surface area is 242 Å². The standard InChI is InChI=1S/2C15H13ISe/c2*16-15(14-6-3-9-17-14)13-8-7-11-4-1-2-5-12(11)10-13/h2*1-2,4-5,7-8,10H,3,6,9H2/b2*15-14+. The van der Waals surface area contributed by atoms with Gasteiger partial charge < -0.3 is 0 Å². The molecule has 172 valence electrons. The summed E-state index contributed by atoms with van der Waals surface area (Å²) in [5, 5.41) is 8.24. The van der Waals surface area contributed by atoms with Crippen LogP contribution in [0.15, 0.2) is 93.9 Å². The second-order valence-electron chi connectivity index (χ2n) is 8.50. The predicted octanol–water partition coefficient (Wildman–Crippen LogP) is 9.72. The normalized spacial score (nSPS) is 18.6. The summed E-state index contributed by atoms with van der Waals surface area (Å²) >= 11 is 6.58. The first kappa shape index (κ1) is 25.0. The van der Waals surface area contributed by atoms with E-state index in [4.69, 9.17) is 0 Å². The number of benzene rings is 4. The summed E-state index contributed by atoms with van der Waals surface area (Å²) in [7, 11) is 0. The van der Waals surface area contributed by atoms with E-state index in [0.29, 0.717) is 0 Å². The molecular weight excluding hydrogens is 772 g/mol. The van der Waals surface area contributed by atoms with Gasteiger partial charge in [-0.1, -0.05) is 0 Å². The van der Waals surface area contributed by atoms with Gasteiger partial charge >= 0.3 is 245 Å². The maximum atomic E-state index is 2.54. The zero-order chi connectivity index (χ0) is 23.3. The van der Waals surface area contributed by atoms with Crippen molar-refractivity contribution in [3.8, 4) is 0 Å². The molecule has 0 radical (unpaired) electrons. The summed E-state index contributed by atoms with van der Waals surface area (Å²) < 4.78 is 6.44. The van der Waals surface area contributed by atoms with E-state index in [1.54, 1.807) is 8.94 Å². The molecule has 0 amide bonds. The molecule has 2 saturated heterocycles. The summed E-state index contributed by atoms with van der Waals surface area (Å²) in [6.45, 7) is 0. The van der Waals surface area contributed by atoms with E-state index in [2.05, 4.69) is 130 Å². The molecule has 2 heterocycles. The van der Waals surface area contributed by atoms with Gasteiger partial charge in [-0.2, -0.15) is 0 Å². The Hall–Kier alpha value is -0.621. The molecule has 0 atom stereocenters. The number of hydrogen-bond acceptors (Lipinski definition) is 0. The third kappa shape index (κ3) is 6.02. The van der Waals surface area contributed by atoms with Gasteiger partial charge in [0.05, 0.1) is 0 Å². The fourth-order valence-electron chi connectivity index (χ4n) is 4.32. The van der Waals surface area contributed by atoms with Crippen molar-refractivity contribution in [2.24, 2.45) is 0 Å². The van der Waals surface area contributed by atoms with Crippen LogP contribution in [0.4, 0.5) is 0 Å². The molecule has 4 heteroatoms. The number of rotatable bonds is 2.